The Balaban J connectivity index is 2.79. The van der Waals surface area contributed by atoms with Crippen LogP contribution in [0.3, 0.4) is 0 Å². The SMILES string of the molecule is C[C@H](CN)NS(=O)(=O)c1ccco1. The quantitative estimate of drug-likeness (QED) is 0.717. The minimum Gasteiger partial charge on any atom is -0.452 e. The molecule has 3 N–H and O–H groups in total. The first-order valence-corrected chi connectivity index (χ1v) is 5.30. The number of nitrogens with one attached hydrogen (secondary N) is 1. The van der Waals surface area contributed by atoms with E-state index in [0.717, 1.165) is 0 Å². The van der Waals surface area contributed by atoms with Gasteiger partial charge in [0, 0.05) is 12.6 Å². The standard InChI is InChI=1S/C7H12N2O3S/c1-6(5-8)9-13(10,11)7-3-2-4-12-7/h2-4,6,9H,5,8H2,1H3/t6-/m1/s1. The van der Waals surface area contributed by atoms with E-state index in [2.05, 4.69) is 4.72 Å². The van der Waals surface area contributed by atoms with E-state index >= 15 is 0 Å². The van der Waals surface area contributed by atoms with Gasteiger partial charge in [-0.25, -0.2) is 13.1 Å². The minimum atomic E-state index is -3.52. The van der Waals surface area contributed by atoms with Gasteiger partial charge in [0.15, 0.2) is 0 Å². The van der Waals surface area contributed by atoms with Gasteiger partial charge in [-0.1, -0.05) is 0 Å². The van der Waals surface area contributed by atoms with Crippen LogP contribution in [0.4, 0.5) is 0 Å². The molecule has 13 heavy (non-hydrogen) atoms. The summed E-state index contributed by atoms with van der Waals surface area (Å²) >= 11 is 0. The van der Waals surface area contributed by atoms with Crippen LogP contribution in [0.5, 0.6) is 0 Å². The Morgan fingerprint density at radius 3 is 2.85 bits per heavy atom. The third kappa shape index (κ3) is 2.55. The van der Waals surface area contributed by atoms with Gasteiger partial charge in [-0.15, -0.1) is 0 Å². The van der Waals surface area contributed by atoms with Crippen molar-refractivity contribution in [2.45, 2.75) is 18.1 Å². The van der Waals surface area contributed by atoms with Crippen molar-refractivity contribution in [2.24, 2.45) is 5.73 Å². The molecule has 0 amide bonds. The molecular formula is C7H12N2O3S. The Labute approximate surface area is 77.0 Å². The zero-order valence-electron chi connectivity index (χ0n) is 7.23. The maximum absolute atomic E-state index is 11.4. The number of hydrogen-bond acceptors (Lipinski definition) is 4. The predicted molar refractivity (Wildman–Crippen MR) is 47.5 cm³/mol. The molecule has 0 aromatic carbocycles. The predicted octanol–water partition coefficient (Wildman–Crippen LogP) is -0.0949. The van der Waals surface area contributed by atoms with Crippen LogP contribution in [0.25, 0.3) is 0 Å². The normalized spacial score (nSPS) is 14.3. The summed E-state index contributed by atoms with van der Waals surface area (Å²) in [6.45, 7) is 1.93. The van der Waals surface area contributed by atoms with Crippen LogP contribution < -0.4 is 10.5 Å². The summed E-state index contributed by atoms with van der Waals surface area (Å²) in [7, 11) is -3.52. The molecule has 5 nitrogen and oxygen atoms in total. The number of furan rings is 1. The minimum absolute atomic E-state index is 0.0900. The Kier molecular flexibility index (Phi) is 3.07. The molecule has 0 fully saturated rings. The maximum Gasteiger partial charge on any atom is 0.274 e. The van der Waals surface area contributed by atoms with Crippen LogP contribution >= 0.6 is 0 Å². The number of hydrogen-bond donors (Lipinski definition) is 2. The smallest absolute Gasteiger partial charge is 0.274 e. The highest BCUT2D eigenvalue weighted by Crippen LogP contribution is 2.08. The Morgan fingerprint density at radius 1 is 1.69 bits per heavy atom. The largest absolute Gasteiger partial charge is 0.452 e. The molecule has 1 aromatic rings. The van der Waals surface area contributed by atoms with Gasteiger partial charge in [0.25, 0.3) is 10.0 Å². The average molecular weight is 204 g/mol. The van der Waals surface area contributed by atoms with Gasteiger partial charge < -0.3 is 10.2 Å². The molecule has 0 spiro atoms. The van der Waals surface area contributed by atoms with Gasteiger partial charge in [0.2, 0.25) is 5.09 Å². The van der Waals surface area contributed by atoms with Crippen molar-refractivity contribution in [1.82, 2.24) is 4.72 Å². The van der Waals surface area contributed by atoms with Gasteiger partial charge in [-0.05, 0) is 19.1 Å². The van der Waals surface area contributed by atoms with E-state index in [9.17, 15) is 8.42 Å². The fraction of sp³-hybridized carbons (Fsp3) is 0.429. The molecule has 1 atom stereocenters. The molecule has 0 bridgehead atoms. The van der Waals surface area contributed by atoms with Gasteiger partial charge in [0.1, 0.15) is 0 Å². The molecule has 0 radical (unpaired) electrons. The van der Waals surface area contributed by atoms with E-state index in [0.29, 0.717) is 0 Å². The van der Waals surface area contributed by atoms with Gasteiger partial charge >= 0.3 is 0 Å². The lowest BCUT2D eigenvalue weighted by atomic mass is 10.4. The van der Waals surface area contributed by atoms with Gasteiger partial charge in [0.05, 0.1) is 6.26 Å². The highest BCUT2D eigenvalue weighted by molar-refractivity contribution is 7.89. The van der Waals surface area contributed by atoms with Crippen LogP contribution in [0.2, 0.25) is 0 Å². The first-order valence-electron chi connectivity index (χ1n) is 3.82. The zero-order chi connectivity index (χ0) is 9.90. The molecule has 74 valence electrons. The first-order chi connectivity index (χ1) is 6.06. The molecule has 1 aromatic heterocycles. The lowest BCUT2D eigenvalue weighted by Gasteiger charge is -2.09. The lowest BCUT2D eigenvalue weighted by Crippen LogP contribution is -2.37. The van der Waals surface area contributed by atoms with Crippen molar-refractivity contribution in [1.29, 1.82) is 0 Å². The second kappa shape index (κ2) is 3.91. The number of rotatable bonds is 4. The van der Waals surface area contributed by atoms with E-state index < -0.39 is 10.0 Å². The summed E-state index contributed by atoms with van der Waals surface area (Å²) in [6, 6.07) is 2.60. The number of sulfonamides is 1. The van der Waals surface area contributed by atoms with Crippen molar-refractivity contribution in [3.05, 3.63) is 18.4 Å². The second-order valence-corrected chi connectivity index (χ2v) is 4.34. The van der Waals surface area contributed by atoms with Crippen molar-refractivity contribution < 1.29 is 12.8 Å². The van der Waals surface area contributed by atoms with Gasteiger partial charge in [-0.2, -0.15) is 0 Å². The maximum atomic E-state index is 11.4. The fourth-order valence-electron chi connectivity index (χ4n) is 0.787. The fourth-order valence-corrected chi connectivity index (χ4v) is 1.97. The van der Waals surface area contributed by atoms with E-state index in [4.69, 9.17) is 10.2 Å². The molecule has 0 aliphatic heterocycles. The summed E-state index contributed by atoms with van der Waals surface area (Å²) in [5, 5.41) is -0.0900. The van der Waals surface area contributed by atoms with Crippen LogP contribution in [0.15, 0.2) is 27.9 Å². The van der Waals surface area contributed by atoms with Crippen LogP contribution in [0.1, 0.15) is 6.92 Å². The Morgan fingerprint density at radius 2 is 2.38 bits per heavy atom. The summed E-state index contributed by atoms with van der Waals surface area (Å²) in [4.78, 5) is 0. The molecule has 0 saturated heterocycles. The third-order valence-corrected chi connectivity index (χ3v) is 2.94. The van der Waals surface area contributed by atoms with Crippen molar-refractivity contribution in [3.8, 4) is 0 Å². The molecule has 6 heteroatoms. The molecule has 0 aliphatic rings. The lowest BCUT2D eigenvalue weighted by molar-refractivity contribution is 0.442. The third-order valence-electron chi connectivity index (χ3n) is 1.47. The Hall–Kier alpha value is -0.850. The highest BCUT2D eigenvalue weighted by Gasteiger charge is 2.18. The summed E-state index contributed by atoms with van der Waals surface area (Å²) in [5.74, 6) is 0. The van der Waals surface area contributed by atoms with E-state index in [1.165, 1.54) is 18.4 Å². The van der Waals surface area contributed by atoms with Gasteiger partial charge in [-0.3, -0.25) is 0 Å². The van der Waals surface area contributed by atoms with Crippen LogP contribution in [-0.4, -0.2) is 21.0 Å². The highest BCUT2D eigenvalue weighted by atomic mass is 32.2. The van der Waals surface area contributed by atoms with Crippen molar-refractivity contribution in [3.63, 3.8) is 0 Å². The van der Waals surface area contributed by atoms with E-state index in [1.54, 1.807) is 6.92 Å². The second-order valence-electron chi connectivity index (χ2n) is 2.69. The van der Waals surface area contributed by atoms with Crippen molar-refractivity contribution >= 4 is 10.0 Å². The van der Waals surface area contributed by atoms with E-state index in [1.807, 2.05) is 0 Å². The first kappa shape index (κ1) is 10.2. The molecule has 0 saturated carbocycles. The van der Waals surface area contributed by atoms with Crippen LogP contribution in [-0.2, 0) is 10.0 Å². The van der Waals surface area contributed by atoms with E-state index in [-0.39, 0.29) is 17.7 Å². The Bertz CT molecular complexity index is 344. The molecular weight excluding hydrogens is 192 g/mol. The zero-order valence-corrected chi connectivity index (χ0v) is 8.04. The summed E-state index contributed by atoms with van der Waals surface area (Å²) < 4.78 is 29.9. The monoisotopic (exact) mass is 204 g/mol. The summed E-state index contributed by atoms with van der Waals surface area (Å²) in [6.07, 6.45) is 1.31. The molecule has 0 aliphatic carbocycles. The molecule has 1 rings (SSSR count). The number of nitrogens with two attached hydrogens (primary N) is 1. The van der Waals surface area contributed by atoms with Crippen molar-refractivity contribution in [2.75, 3.05) is 6.54 Å². The molecule has 1 heterocycles. The topological polar surface area (TPSA) is 85.3 Å². The molecule has 0 unspecified atom stereocenters. The van der Waals surface area contributed by atoms with Crippen LogP contribution in [0, 0.1) is 0 Å². The average Bonchev–Trinajstić information content (AvgIpc) is 2.55. The summed E-state index contributed by atoms with van der Waals surface area (Å²) in [5.41, 5.74) is 5.28.